The lowest BCUT2D eigenvalue weighted by molar-refractivity contribution is -0.136. The number of aromatic nitrogens is 3. The third-order valence-corrected chi connectivity index (χ3v) is 3.42. The number of carbonyl (C=O) groups is 2. The minimum absolute atomic E-state index is 0.0700. The van der Waals surface area contributed by atoms with Gasteiger partial charge in [0.15, 0.2) is 0 Å². The number of fused-ring (bicyclic) bond motifs is 1. The van der Waals surface area contributed by atoms with Gasteiger partial charge in [-0.15, -0.1) is 10.2 Å². The Labute approximate surface area is 121 Å². The monoisotopic (exact) mass is 304 g/mol. The fraction of sp³-hybridized carbons (Fsp3) is 0.0833. The molecule has 0 fully saturated rings. The third-order valence-electron chi connectivity index (χ3n) is 2.58. The molecule has 0 radical (unpaired) electrons. The Morgan fingerprint density at radius 1 is 1.29 bits per heavy atom. The Bertz CT molecular complexity index is 825. The molecule has 3 rings (SSSR count). The quantitative estimate of drug-likeness (QED) is 0.750. The van der Waals surface area contributed by atoms with E-state index in [-0.39, 0.29) is 17.3 Å². The smallest absolute Gasteiger partial charge is 0.310 e. The standard InChI is InChI=1S/C12H8N4O4S/c17-9(18)5-8-14-15-12(21-8)13-11(19)10-6-3-1-2-4-7(6)16-20-10/h1-4H,5H2,(H,17,18)(H,13,15,19). The van der Waals surface area contributed by atoms with Crippen LogP contribution in [0.2, 0.25) is 0 Å². The predicted octanol–water partition coefficient (Wildman–Crippen LogP) is 1.56. The highest BCUT2D eigenvalue weighted by atomic mass is 32.1. The molecule has 0 aliphatic heterocycles. The first-order valence-electron chi connectivity index (χ1n) is 5.83. The van der Waals surface area contributed by atoms with E-state index < -0.39 is 11.9 Å². The predicted molar refractivity (Wildman–Crippen MR) is 73.2 cm³/mol. The Morgan fingerprint density at radius 3 is 2.90 bits per heavy atom. The Kier molecular flexibility index (Phi) is 3.32. The van der Waals surface area contributed by atoms with Crippen molar-refractivity contribution in [3.63, 3.8) is 0 Å². The molecule has 3 aromatic rings. The van der Waals surface area contributed by atoms with Crippen LogP contribution in [-0.2, 0) is 11.2 Å². The van der Waals surface area contributed by atoms with Crippen LogP contribution in [0.4, 0.5) is 5.13 Å². The van der Waals surface area contributed by atoms with Gasteiger partial charge in [-0.25, -0.2) is 0 Å². The highest BCUT2D eigenvalue weighted by Crippen LogP contribution is 2.21. The van der Waals surface area contributed by atoms with Crippen molar-refractivity contribution < 1.29 is 19.2 Å². The minimum Gasteiger partial charge on any atom is -0.481 e. The first-order chi connectivity index (χ1) is 10.1. The summed E-state index contributed by atoms with van der Waals surface area (Å²) in [5.74, 6) is -1.45. The first kappa shape index (κ1) is 13.2. The SMILES string of the molecule is O=C(O)Cc1nnc(NC(=O)c2onc3ccccc23)s1. The van der Waals surface area contributed by atoms with Crippen LogP contribution >= 0.6 is 11.3 Å². The molecule has 8 nitrogen and oxygen atoms in total. The van der Waals surface area contributed by atoms with Crippen molar-refractivity contribution >= 4 is 39.2 Å². The van der Waals surface area contributed by atoms with Crippen molar-refractivity contribution in [2.24, 2.45) is 0 Å². The van der Waals surface area contributed by atoms with Gasteiger partial charge in [0, 0.05) is 0 Å². The van der Waals surface area contributed by atoms with E-state index in [4.69, 9.17) is 9.63 Å². The molecule has 9 heteroatoms. The Morgan fingerprint density at radius 2 is 2.10 bits per heavy atom. The maximum Gasteiger partial charge on any atom is 0.310 e. The van der Waals surface area contributed by atoms with E-state index in [1.807, 2.05) is 0 Å². The summed E-state index contributed by atoms with van der Waals surface area (Å²) in [6.07, 6.45) is -0.237. The zero-order valence-corrected chi connectivity index (χ0v) is 11.3. The third kappa shape index (κ3) is 2.72. The number of nitrogens with zero attached hydrogens (tertiary/aromatic N) is 3. The summed E-state index contributed by atoms with van der Waals surface area (Å²) >= 11 is 0.995. The fourth-order valence-corrected chi connectivity index (χ4v) is 2.44. The van der Waals surface area contributed by atoms with E-state index >= 15 is 0 Å². The van der Waals surface area contributed by atoms with Crippen LogP contribution in [0, 0.1) is 0 Å². The van der Waals surface area contributed by atoms with E-state index in [1.54, 1.807) is 24.3 Å². The highest BCUT2D eigenvalue weighted by Gasteiger charge is 2.18. The van der Waals surface area contributed by atoms with Gasteiger partial charge in [-0.3, -0.25) is 14.9 Å². The summed E-state index contributed by atoms with van der Waals surface area (Å²) < 4.78 is 5.02. The van der Waals surface area contributed by atoms with Crippen molar-refractivity contribution in [1.82, 2.24) is 15.4 Å². The average molecular weight is 304 g/mol. The van der Waals surface area contributed by atoms with E-state index in [0.29, 0.717) is 15.9 Å². The molecule has 0 spiro atoms. The molecule has 0 aliphatic carbocycles. The zero-order chi connectivity index (χ0) is 14.8. The van der Waals surface area contributed by atoms with Crippen molar-refractivity contribution in [2.45, 2.75) is 6.42 Å². The molecule has 2 aromatic heterocycles. The lowest BCUT2D eigenvalue weighted by Crippen LogP contribution is -2.11. The molecule has 1 amide bonds. The summed E-state index contributed by atoms with van der Waals surface area (Å²) in [5.41, 5.74) is 0.575. The van der Waals surface area contributed by atoms with Gasteiger partial charge in [0.2, 0.25) is 10.9 Å². The summed E-state index contributed by atoms with van der Waals surface area (Å²) in [4.78, 5) is 22.7. The van der Waals surface area contributed by atoms with Crippen molar-refractivity contribution in [3.8, 4) is 0 Å². The molecule has 21 heavy (non-hydrogen) atoms. The molecule has 0 bridgehead atoms. The molecule has 0 aliphatic rings. The molecule has 0 saturated carbocycles. The van der Waals surface area contributed by atoms with Crippen LogP contribution in [-0.4, -0.2) is 32.3 Å². The second-order valence-electron chi connectivity index (χ2n) is 4.05. The number of aliphatic carboxylic acids is 1. The van der Waals surface area contributed by atoms with Crippen molar-refractivity contribution in [2.75, 3.05) is 5.32 Å². The molecular formula is C12H8N4O4S. The number of carboxylic acids is 1. The maximum atomic E-state index is 12.1. The number of carbonyl (C=O) groups excluding carboxylic acids is 1. The van der Waals surface area contributed by atoms with Crippen molar-refractivity contribution in [3.05, 3.63) is 35.0 Å². The number of hydrogen-bond donors (Lipinski definition) is 2. The number of hydrogen-bond acceptors (Lipinski definition) is 7. The molecule has 0 atom stereocenters. The Balaban J connectivity index is 1.80. The molecule has 106 valence electrons. The number of rotatable bonds is 4. The second kappa shape index (κ2) is 5.29. The van der Waals surface area contributed by atoms with E-state index in [2.05, 4.69) is 20.7 Å². The van der Waals surface area contributed by atoms with Crippen molar-refractivity contribution in [1.29, 1.82) is 0 Å². The molecule has 0 saturated heterocycles. The average Bonchev–Trinajstić information content (AvgIpc) is 3.04. The van der Waals surface area contributed by atoms with Gasteiger partial charge in [0.1, 0.15) is 10.5 Å². The molecule has 2 N–H and O–H groups in total. The van der Waals surface area contributed by atoms with Crippen LogP contribution < -0.4 is 5.32 Å². The van der Waals surface area contributed by atoms with E-state index in [9.17, 15) is 9.59 Å². The molecular weight excluding hydrogens is 296 g/mol. The number of amides is 1. The zero-order valence-electron chi connectivity index (χ0n) is 10.4. The molecule has 2 heterocycles. The highest BCUT2D eigenvalue weighted by molar-refractivity contribution is 7.15. The summed E-state index contributed by atoms with van der Waals surface area (Å²) in [5, 5.41) is 23.4. The maximum absolute atomic E-state index is 12.1. The van der Waals surface area contributed by atoms with Crippen LogP contribution in [0.3, 0.4) is 0 Å². The second-order valence-corrected chi connectivity index (χ2v) is 5.12. The normalized spacial score (nSPS) is 10.7. The van der Waals surface area contributed by atoms with Crippen LogP contribution in [0.1, 0.15) is 15.6 Å². The summed E-state index contributed by atoms with van der Waals surface area (Å²) in [7, 11) is 0. The van der Waals surface area contributed by atoms with Gasteiger partial charge in [-0.05, 0) is 12.1 Å². The number of benzene rings is 1. The molecule has 1 aromatic carbocycles. The van der Waals surface area contributed by atoms with Crippen LogP contribution in [0.15, 0.2) is 28.8 Å². The number of carboxylic acid groups (broad SMARTS) is 1. The number of nitrogens with one attached hydrogen (secondary N) is 1. The Hall–Kier alpha value is -2.81. The first-order valence-corrected chi connectivity index (χ1v) is 6.65. The fourth-order valence-electron chi connectivity index (χ4n) is 1.71. The van der Waals surface area contributed by atoms with Gasteiger partial charge in [-0.1, -0.05) is 28.6 Å². The largest absolute Gasteiger partial charge is 0.481 e. The van der Waals surface area contributed by atoms with Crippen LogP contribution in [0.5, 0.6) is 0 Å². The summed E-state index contributed by atoms with van der Waals surface area (Å²) in [6, 6.07) is 7.00. The van der Waals surface area contributed by atoms with E-state index in [1.165, 1.54) is 0 Å². The topological polar surface area (TPSA) is 118 Å². The van der Waals surface area contributed by atoms with Gasteiger partial charge in [0.05, 0.1) is 11.8 Å². The van der Waals surface area contributed by atoms with Gasteiger partial charge < -0.3 is 9.63 Å². The van der Waals surface area contributed by atoms with Crippen LogP contribution in [0.25, 0.3) is 10.9 Å². The van der Waals surface area contributed by atoms with Gasteiger partial charge in [-0.2, -0.15) is 0 Å². The van der Waals surface area contributed by atoms with Gasteiger partial charge >= 0.3 is 5.97 Å². The van der Waals surface area contributed by atoms with Gasteiger partial charge in [0.25, 0.3) is 5.91 Å². The lowest BCUT2D eigenvalue weighted by Gasteiger charge is -1.96. The summed E-state index contributed by atoms with van der Waals surface area (Å²) in [6.45, 7) is 0. The lowest BCUT2D eigenvalue weighted by atomic mass is 10.2. The molecule has 0 unspecified atom stereocenters. The number of anilines is 1. The van der Waals surface area contributed by atoms with E-state index in [0.717, 1.165) is 11.3 Å². The minimum atomic E-state index is -1.01.